The highest BCUT2D eigenvalue weighted by atomic mass is 16.3. The van der Waals surface area contributed by atoms with E-state index in [2.05, 4.69) is 4.98 Å². The maximum atomic E-state index is 12.0. The second kappa shape index (κ2) is 4.54. The van der Waals surface area contributed by atoms with Crippen molar-refractivity contribution in [1.29, 1.82) is 0 Å². The smallest absolute Gasteiger partial charge is 0.325 e. The van der Waals surface area contributed by atoms with Crippen LogP contribution in [0.1, 0.15) is 23.2 Å². The van der Waals surface area contributed by atoms with Gasteiger partial charge in [0.2, 0.25) is 0 Å². The molecule has 17 heavy (non-hydrogen) atoms. The van der Waals surface area contributed by atoms with E-state index in [4.69, 9.17) is 5.11 Å². The monoisotopic (exact) mass is 239 g/mol. The standard InChI is InChI=1S/C10H13N3O4/c14-5-6-2-1-3-13(6)9(16)7-4-11-10(17)12-8(7)15/h4,6,14H,1-3,5H2,(H2,11,12,15,17)/t6-/m0/s1. The van der Waals surface area contributed by atoms with Crippen LogP contribution in [0.25, 0.3) is 0 Å². The average molecular weight is 239 g/mol. The third-order valence-electron chi connectivity index (χ3n) is 2.90. The number of aromatic nitrogens is 2. The van der Waals surface area contributed by atoms with Gasteiger partial charge in [0.05, 0.1) is 12.6 Å². The van der Waals surface area contributed by atoms with Gasteiger partial charge in [-0.25, -0.2) is 4.79 Å². The Balaban J connectivity index is 2.31. The van der Waals surface area contributed by atoms with E-state index in [9.17, 15) is 14.4 Å². The largest absolute Gasteiger partial charge is 0.394 e. The highest BCUT2D eigenvalue weighted by molar-refractivity contribution is 5.93. The number of hydrogen-bond acceptors (Lipinski definition) is 4. The second-order valence-electron chi connectivity index (χ2n) is 3.96. The van der Waals surface area contributed by atoms with Crippen molar-refractivity contribution in [3.63, 3.8) is 0 Å². The third kappa shape index (κ3) is 2.14. The number of likely N-dealkylation sites (tertiary alicyclic amines) is 1. The fourth-order valence-electron chi connectivity index (χ4n) is 2.02. The van der Waals surface area contributed by atoms with Gasteiger partial charge in [0.15, 0.2) is 0 Å². The molecule has 3 N–H and O–H groups in total. The second-order valence-corrected chi connectivity index (χ2v) is 3.96. The quantitative estimate of drug-likeness (QED) is 0.593. The van der Waals surface area contributed by atoms with Crippen LogP contribution < -0.4 is 11.2 Å². The predicted octanol–water partition coefficient (Wildman–Crippen LogP) is -1.34. The molecule has 0 radical (unpaired) electrons. The van der Waals surface area contributed by atoms with Crippen LogP contribution in [0.5, 0.6) is 0 Å². The van der Waals surface area contributed by atoms with Gasteiger partial charge in [-0.2, -0.15) is 0 Å². The van der Waals surface area contributed by atoms with E-state index in [0.29, 0.717) is 6.54 Å². The van der Waals surface area contributed by atoms with Gasteiger partial charge in [-0.05, 0) is 12.8 Å². The van der Waals surface area contributed by atoms with Gasteiger partial charge in [-0.1, -0.05) is 0 Å². The third-order valence-corrected chi connectivity index (χ3v) is 2.90. The van der Waals surface area contributed by atoms with E-state index in [1.54, 1.807) is 0 Å². The Hall–Kier alpha value is -1.89. The van der Waals surface area contributed by atoms with Gasteiger partial charge in [-0.15, -0.1) is 0 Å². The highest BCUT2D eigenvalue weighted by Crippen LogP contribution is 2.18. The molecule has 1 saturated heterocycles. The number of aromatic amines is 2. The zero-order valence-corrected chi connectivity index (χ0v) is 9.10. The summed E-state index contributed by atoms with van der Waals surface area (Å²) < 4.78 is 0. The van der Waals surface area contributed by atoms with Crippen LogP contribution in [0, 0.1) is 0 Å². The van der Waals surface area contributed by atoms with E-state index in [1.807, 2.05) is 4.98 Å². The van der Waals surface area contributed by atoms with E-state index in [1.165, 1.54) is 4.90 Å². The highest BCUT2D eigenvalue weighted by Gasteiger charge is 2.30. The molecule has 0 spiro atoms. The summed E-state index contributed by atoms with van der Waals surface area (Å²) in [6.07, 6.45) is 2.64. The fraction of sp³-hybridized carbons (Fsp3) is 0.500. The Morgan fingerprint density at radius 3 is 2.94 bits per heavy atom. The normalized spacial score (nSPS) is 19.6. The van der Waals surface area contributed by atoms with E-state index in [0.717, 1.165) is 19.0 Å². The van der Waals surface area contributed by atoms with E-state index < -0.39 is 17.2 Å². The number of hydrogen-bond donors (Lipinski definition) is 3. The molecule has 1 aliphatic rings. The molecule has 7 nitrogen and oxygen atoms in total. The van der Waals surface area contributed by atoms with Gasteiger partial charge < -0.3 is 15.0 Å². The first-order valence-corrected chi connectivity index (χ1v) is 5.37. The number of carbonyl (C=O) groups is 1. The van der Waals surface area contributed by atoms with Crippen LogP contribution in [-0.4, -0.2) is 45.1 Å². The van der Waals surface area contributed by atoms with Gasteiger partial charge in [0.25, 0.3) is 11.5 Å². The van der Waals surface area contributed by atoms with Crippen molar-refractivity contribution >= 4 is 5.91 Å². The summed E-state index contributed by atoms with van der Waals surface area (Å²) >= 11 is 0. The molecule has 1 aromatic heterocycles. The van der Waals surface area contributed by atoms with E-state index in [-0.39, 0.29) is 18.2 Å². The predicted molar refractivity (Wildman–Crippen MR) is 58.8 cm³/mol. The molecule has 0 saturated carbocycles. The van der Waals surface area contributed by atoms with Crippen molar-refractivity contribution in [3.05, 3.63) is 32.6 Å². The number of nitrogens with one attached hydrogen (secondary N) is 2. The van der Waals surface area contributed by atoms with Crippen molar-refractivity contribution in [1.82, 2.24) is 14.9 Å². The Morgan fingerprint density at radius 2 is 2.29 bits per heavy atom. The summed E-state index contributed by atoms with van der Waals surface area (Å²) in [6.45, 7) is 0.398. The first kappa shape index (κ1) is 11.6. The number of aliphatic hydroxyl groups is 1. The molecule has 1 atom stereocenters. The minimum Gasteiger partial charge on any atom is -0.394 e. The summed E-state index contributed by atoms with van der Waals surface area (Å²) in [5.41, 5.74) is -1.46. The van der Waals surface area contributed by atoms with Crippen LogP contribution in [0.15, 0.2) is 15.8 Å². The SMILES string of the molecule is O=C(c1c[nH]c(=O)[nH]c1=O)N1CCC[C@H]1CO. The molecule has 2 heterocycles. The van der Waals surface area contributed by atoms with Crippen molar-refractivity contribution in [2.24, 2.45) is 0 Å². The van der Waals surface area contributed by atoms with Gasteiger partial charge in [0.1, 0.15) is 5.56 Å². The number of H-pyrrole nitrogens is 2. The summed E-state index contributed by atoms with van der Waals surface area (Å²) in [5, 5.41) is 9.11. The number of amides is 1. The molecule has 1 aromatic rings. The lowest BCUT2D eigenvalue weighted by molar-refractivity contribution is 0.0675. The summed E-state index contributed by atoms with van der Waals surface area (Å²) in [4.78, 5) is 40.0. The maximum Gasteiger partial charge on any atom is 0.325 e. The lowest BCUT2D eigenvalue weighted by atomic mass is 10.2. The van der Waals surface area contributed by atoms with Crippen LogP contribution >= 0.6 is 0 Å². The minimum absolute atomic E-state index is 0.107. The van der Waals surface area contributed by atoms with Crippen molar-refractivity contribution in [2.45, 2.75) is 18.9 Å². The number of nitrogens with zero attached hydrogens (tertiary/aromatic N) is 1. The van der Waals surface area contributed by atoms with Crippen molar-refractivity contribution in [3.8, 4) is 0 Å². The van der Waals surface area contributed by atoms with E-state index >= 15 is 0 Å². The van der Waals surface area contributed by atoms with Crippen molar-refractivity contribution < 1.29 is 9.90 Å². The molecule has 0 aliphatic carbocycles. The molecule has 7 heteroatoms. The first-order valence-electron chi connectivity index (χ1n) is 5.37. The lowest BCUT2D eigenvalue weighted by Gasteiger charge is -2.22. The van der Waals surface area contributed by atoms with Gasteiger partial charge in [-0.3, -0.25) is 14.6 Å². The zero-order chi connectivity index (χ0) is 12.4. The summed E-state index contributed by atoms with van der Waals surface area (Å²) in [6, 6.07) is -0.242. The van der Waals surface area contributed by atoms with Crippen LogP contribution in [0.2, 0.25) is 0 Å². The molecule has 0 bridgehead atoms. The topological polar surface area (TPSA) is 106 Å². The fourth-order valence-corrected chi connectivity index (χ4v) is 2.02. The molecular formula is C10H13N3O4. The first-order chi connectivity index (χ1) is 8.13. The summed E-state index contributed by atoms with van der Waals surface area (Å²) in [5.74, 6) is -0.459. The zero-order valence-electron chi connectivity index (χ0n) is 9.10. The van der Waals surface area contributed by atoms with Gasteiger partial charge >= 0.3 is 5.69 Å². The lowest BCUT2D eigenvalue weighted by Crippen LogP contribution is -2.41. The molecule has 1 amide bonds. The summed E-state index contributed by atoms with van der Waals surface area (Å²) in [7, 11) is 0. The minimum atomic E-state index is -0.706. The molecule has 2 rings (SSSR count). The molecule has 92 valence electrons. The van der Waals surface area contributed by atoms with Crippen molar-refractivity contribution in [2.75, 3.05) is 13.2 Å². The molecular weight excluding hydrogens is 226 g/mol. The average Bonchev–Trinajstić information content (AvgIpc) is 2.76. The Kier molecular flexibility index (Phi) is 3.10. The maximum absolute atomic E-state index is 12.0. The Labute approximate surface area is 96.1 Å². The van der Waals surface area contributed by atoms with Gasteiger partial charge in [0, 0.05) is 12.7 Å². The van der Waals surface area contributed by atoms with Crippen LogP contribution in [0.3, 0.4) is 0 Å². The Morgan fingerprint density at radius 1 is 1.53 bits per heavy atom. The number of aliphatic hydroxyl groups excluding tert-OH is 1. The number of rotatable bonds is 2. The molecule has 1 fully saturated rings. The molecule has 1 aliphatic heterocycles. The molecule has 0 unspecified atom stereocenters. The number of carbonyl (C=O) groups excluding carboxylic acids is 1. The van der Waals surface area contributed by atoms with Crippen LogP contribution in [0.4, 0.5) is 0 Å². The molecule has 0 aromatic carbocycles. The van der Waals surface area contributed by atoms with Crippen LogP contribution in [-0.2, 0) is 0 Å². The Bertz CT molecular complexity index is 533.